The number of hydrogen-bond donors (Lipinski definition) is 0. The highest BCUT2D eigenvalue weighted by atomic mass is 35.5. The van der Waals surface area contributed by atoms with Crippen LogP contribution in [0, 0.1) is 0 Å². The molecule has 3 aromatic rings. The van der Waals surface area contributed by atoms with Gasteiger partial charge in [-0.25, -0.2) is 0 Å². The molecule has 2 heterocycles. The van der Waals surface area contributed by atoms with Gasteiger partial charge in [0, 0.05) is 16.7 Å². The molecule has 0 saturated carbocycles. The molecule has 1 aromatic heterocycles. The van der Waals surface area contributed by atoms with Crippen molar-refractivity contribution in [1.82, 2.24) is 5.16 Å². The lowest BCUT2D eigenvalue weighted by atomic mass is 10.1. The van der Waals surface area contributed by atoms with Crippen LogP contribution in [0.2, 0.25) is 5.02 Å². The second-order valence-electron chi connectivity index (χ2n) is 6.00. The van der Waals surface area contributed by atoms with Gasteiger partial charge in [-0.15, -0.1) is 0 Å². The molecule has 0 amide bonds. The molecule has 6 nitrogen and oxygen atoms in total. The number of rotatable bonds is 5. The highest BCUT2D eigenvalue weighted by Gasteiger charge is 2.14. The van der Waals surface area contributed by atoms with Gasteiger partial charge in [-0.3, -0.25) is 4.79 Å². The number of carbonyl (C=O) groups excluding carboxylic acids is 1. The number of halogens is 1. The molecule has 138 valence electrons. The van der Waals surface area contributed by atoms with E-state index >= 15 is 0 Å². The lowest BCUT2D eigenvalue weighted by molar-refractivity contribution is -0.144. The van der Waals surface area contributed by atoms with E-state index in [-0.39, 0.29) is 19.0 Å². The number of carbonyl (C=O) groups is 1. The molecule has 0 fully saturated rings. The summed E-state index contributed by atoms with van der Waals surface area (Å²) < 4.78 is 21.5. The van der Waals surface area contributed by atoms with Crippen LogP contribution < -0.4 is 9.47 Å². The Kier molecular flexibility index (Phi) is 4.98. The van der Waals surface area contributed by atoms with Crippen LogP contribution in [0.25, 0.3) is 11.3 Å². The third kappa shape index (κ3) is 4.23. The van der Waals surface area contributed by atoms with Gasteiger partial charge >= 0.3 is 5.97 Å². The normalized spacial score (nSPS) is 12.6. The molecule has 0 bridgehead atoms. The smallest absolute Gasteiger partial charge is 0.310 e. The average Bonchev–Trinajstić information content (AvgIpc) is 3.16. The molecular weight excluding hydrogens is 370 g/mol. The predicted molar refractivity (Wildman–Crippen MR) is 97.9 cm³/mol. The Morgan fingerprint density at radius 1 is 1.04 bits per heavy atom. The van der Waals surface area contributed by atoms with Crippen LogP contribution in [-0.2, 0) is 22.6 Å². The number of nitrogens with zero attached hydrogens (tertiary/aromatic N) is 1. The van der Waals surface area contributed by atoms with E-state index < -0.39 is 0 Å². The minimum atomic E-state index is -0.365. The van der Waals surface area contributed by atoms with Crippen LogP contribution in [0.5, 0.6) is 11.5 Å². The van der Waals surface area contributed by atoms with Crippen LogP contribution in [-0.4, -0.2) is 24.3 Å². The van der Waals surface area contributed by atoms with Crippen molar-refractivity contribution in [3.63, 3.8) is 0 Å². The summed E-state index contributed by atoms with van der Waals surface area (Å²) in [5.41, 5.74) is 2.32. The minimum absolute atomic E-state index is 0.0178. The molecule has 2 aromatic carbocycles. The van der Waals surface area contributed by atoms with E-state index in [1.165, 1.54) is 0 Å². The largest absolute Gasteiger partial charge is 0.486 e. The van der Waals surface area contributed by atoms with Crippen molar-refractivity contribution in [2.75, 3.05) is 13.2 Å². The summed E-state index contributed by atoms with van der Waals surface area (Å²) in [6, 6.07) is 14.4. The molecule has 0 unspecified atom stereocenters. The summed E-state index contributed by atoms with van der Waals surface area (Å²) in [7, 11) is 0. The number of hydrogen-bond acceptors (Lipinski definition) is 6. The first-order valence-electron chi connectivity index (χ1n) is 8.43. The fraction of sp³-hybridized carbons (Fsp3) is 0.200. The van der Waals surface area contributed by atoms with Crippen LogP contribution in [0.3, 0.4) is 0 Å². The van der Waals surface area contributed by atoms with Crippen molar-refractivity contribution in [2.24, 2.45) is 0 Å². The Hall–Kier alpha value is -2.99. The van der Waals surface area contributed by atoms with Crippen LogP contribution >= 0.6 is 11.6 Å². The maximum atomic E-state index is 12.1. The molecule has 7 heteroatoms. The van der Waals surface area contributed by atoms with Gasteiger partial charge in [-0.1, -0.05) is 35.0 Å². The summed E-state index contributed by atoms with van der Waals surface area (Å²) in [5, 5.41) is 4.64. The first-order valence-corrected chi connectivity index (χ1v) is 8.81. The molecular formula is C20H16ClNO5. The molecule has 27 heavy (non-hydrogen) atoms. The topological polar surface area (TPSA) is 70.8 Å². The van der Waals surface area contributed by atoms with Gasteiger partial charge in [0.25, 0.3) is 0 Å². The van der Waals surface area contributed by atoms with E-state index in [4.69, 9.17) is 30.3 Å². The first kappa shape index (κ1) is 17.4. The zero-order valence-corrected chi connectivity index (χ0v) is 15.1. The Morgan fingerprint density at radius 3 is 2.63 bits per heavy atom. The van der Waals surface area contributed by atoms with E-state index in [1.807, 2.05) is 18.2 Å². The SMILES string of the molecule is O=C(Cc1ccc2c(c1)OCCO2)OCc1cc(-c2ccc(Cl)cc2)no1. The highest BCUT2D eigenvalue weighted by Crippen LogP contribution is 2.31. The second kappa shape index (κ2) is 7.72. The van der Waals surface area contributed by atoms with Gasteiger partial charge in [0.1, 0.15) is 18.9 Å². The van der Waals surface area contributed by atoms with Gasteiger partial charge in [0.2, 0.25) is 0 Å². The summed E-state index contributed by atoms with van der Waals surface area (Å²) in [6.45, 7) is 1.05. The number of ether oxygens (including phenoxy) is 3. The number of benzene rings is 2. The average molecular weight is 386 g/mol. The van der Waals surface area contributed by atoms with Crippen LogP contribution in [0.4, 0.5) is 0 Å². The maximum Gasteiger partial charge on any atom is 0.310 e. The van der Waals surface area contributed by atoms with Gasteiger partial charge in [0.15, 0.2) is 23.9 Å². The van der Waals surface area contributed by atoms with E-state index in [0.717, 1.165) is 11.1 Å². The second-order valence-corrected chi connectivity index (χ2v) is 6.44. The van der Waals surface area contributed by atoms with E-state index in [1.54, 1.807) is 30.3 Å². The highest BCUT2D eigenvalue weighted by molar-refractivity contribution is 6.30. The lowest BCUT2D eigenvalue weighted by Gasteiger charge is -2.18. The van der Waals surface area contributed by atoms with Crippen molar-refractivity contribution in [2.45, 2.75) is 13.0 Å². The molecule has 0 N–H and O–H groups in total. The zero-order chi connectivity index (χ0) is 18.6. The van der Waals surface area contributed by atoms with E-state index in [2.05, 4.69) is 5.16 Å². The minimum Gasteiger partial charge on any atom is -0.486 e. The molecule has 0 atom stereocenters. The molecule has 1 aliphatic heterocycles. The first-order chi connectivity index (χ1) is 13.2. The fourth-order valence-corrected chi connectivity index (χ4v) is 2.83. The fourth-order valence-electron chi connectivity index (χ4n) is 2.70. The van der Waals surface area contributed by atoms with E-state index in [9.17, 15) is 4.79 Å². The molecule has 4 rings (SSSR count). The third-order valence-corrected chi connectivity index (χ3v) is 4.28. The molecule has 0 aliphatic carbocycles. The van der Waals surface area contributed by atoms with Crippen LogP contribution in [0.15, 0.2) is 53.1 Å². The Morgan fingerprint density at radius 2 is 1.81 bits per heavy atom. The molecule has 0 saturated heterocycles. The Bertz CT molecular complexity index is 951. The van der Waals surface area contributed by atoms with Crippen LogP contribution in [0.1, 0.15) is 11.3 Å². The van der Waals surface area contributed by atoms with Gasteiger partial charge < -0.3 is 18.7 Å². The third-order valence-electron chi connectivity index (χ3n) is 4.03. The number of esters is 1. The summed E-state index contributed by atoms with van der Waals surface area (Å²) in [5.74, 6) is 1.44. The molecule has 0 spiro atoms. The zero-order valence-electron chi connectivity index (χ0n) is 14.3. The van der Waals surface area contributed by atoms with Gasteiger partial charge in [0.05, 0.1) is 6.42 Å². The van der Waals surface area contributed by atoms with Crippen molar-refractivity contribution >= 4 is 17.6 Å². The Labute approximate surface area is 160 Å². The predicted octanol–water partition coefficient (Wildman–Crippen LogP) is 4.05. The standard InChI is InChI=1S/C20H16ClNO5/c21-15-4-2-14(3-5-15)17-11-16(27-22-17)12-26-20(23)10-13-1-6-18-19(9-13)25-8-7-24-18/h1-6,9,11H,7-8,10,12H2. The molecule has 1 aliphatic rings. The summed E-state index contributed by atoms with van der Waals surface area (Å²) in [6.07, 6.45) is 0.134. The summed E-state index contributed by atoms with van der Waals surface area (Å²) >= 11 is 5.88. The van der Waals surface area contributed by atoms with Crippen molar-refractivity contribution in [3.8, 4) is 22.8 Å². The quantitative estimate of drug-likeness (QED) is 0.617. The van der Waals surface area contributed by atoms with E-state index in [0.29, 0.717) is 41.2 Å². The Balaban J connectivity index is 1.34. The number of aromatic nitrogens is 1. The molecule has 0 radical (unpaired) electrons. The van der Waals surface area contributed by atoms with Gasteiger partial charge in [-0.2, -0.15) is 0 Å². The van der Waals surface area contributed by atoms with Crippen molar-refractivity contribution in [3.05, 3.63) is 64.9 Å². The summed E-state index contributed by atoms with van der Waals surface area (Å²) in [4.78, 5) is 12.1. The van der Waals surface area contributed by atoms with Crippen molar-refractivity contribution in [1.29, 1.82) is 0 Å². The maximum absolute atomic E-state index is 12.1. The number of fused-ring (bicyclic) bond motifs is 1. The van der Waals surface area contributed by atoms with Crippen molar-refractivity contribution < 1.29 is 23.5 Å². The van der Waals surface area contributed by atoms with Gasteiger partial charge in [-0.05, 0) is 29.8 Å². The lowest BCUT2D eigenvalue weighted by Crippen LogP contribution is -2.15. The monoisotopic (exact) mass is 385 g/mol.